The molecule has 4 rings (SSSR count). The van der Waals surface area contributed by atoms with Gasteiger partial charge in [0, 0.05) is 16.4 Å². The molecular formula is C22H27BrN4O3. The SMILES string of the molecule is COC(=O)NN(C(=O)[C@H]1C2CCC(C2)C1c1ncc(-c2ccc(Br)cc2)[nH]1)C(C)C. The van der Waals surface area contributed by atoms with E-state index in [4.69, 9.17) is 4.74 Å². The zero-order valence-corrected chi connectivity index (χ0v) is 19.0. The molecule has 2 saturated carbocycles. The number of hydrogen-bond donors (Lipinski definition) is 2. The number of carbonyl (C=O) groups is 2. The summed E-state index contributed by atoms with van der Waals surface area (Å²) in [5.74, 6) is 1.37. The summed E-state index contributed by atoms with van der Waals surface area (Å²) < 4.78 is 5.74. The Balaban J connectivity index is 1.61. The predicted molar refractivity (Wildman–Crippen MR) is 116 cm³/mol. The maximum absolute atomic E-state index is 13.5. The Morgan fingerprint density at radius 3 is 2.60 bits per heavy atom. The molecule has 30 heavy (non-hydrogen) atoms. The lowest BCUT2D eigenvalue weighted by Gasteiger charge is -2.35. The second-order valence-electron chi connectivity index (χ2n) is 8.48. The minimum Gasteiger partial charge on any atom is -0.452 e. The van der Waals surface area contributed by atoms with Crippen LogP contribution in [0, 0.1) is 17.8 Å². The van der Waals surface area contributed by atoms with Crippen LogP contribution in [0.3, 0.4) is 0 Å². The van der Waals surface area contributed by atoms with E-state index < -0.39 is 6.09 Å². The minimum absolute atomic E-state index is 0.0288. The molecule has 2 aromatic rings. The standard InChI is InChI=1S/C22H27BrN4O3/c1-12(2)27(26-22(29)30-3)21(28)19-15-5-4-14(10-15)18(19)20-24-11-17(25-20)13-6-8-16(23)9-7-13/h6-9,11-12,14-15,18-19H,4-5,10H2,1-3H3,(H,24,25)(H,26,29)/t14?,15?,18?,19-/m0/s1. The van der Waals surface area contributed by atoms with Crippen LogP contribution in [0.1, 0.15) is 44.9 Å². The number of imidazole rings is 1. The van der Waals surface area contributed by atoms with E-state index in [-0.39, 0.29) is 23.8 Å². The third-order valence-corrected chi connectivity index (χ3v) is 6.95. The first-order chi connectivity index (χ1) is 14.4. The molecule has 0 spiro atoms. The maximum Gasteiger partial charge on any atom is 0.425 e. The smallest absolute Gasteiger partial charge is 0.425 e. The molecule has 0 aliphatic heterocycles. The molecule has 0 saturated heterocycles. The van der Waals surface area contributed by atoms with E-state index in [9.17, 15) is 9.59 Å². The molecule has 1 aromatic heterocycles. The highest BCUT2D eigenvalue weighted by Gasteiger charge is 2.53. The summed E-state index contributed by atoms with van der Waals surface area (Å²) >= 11 is 3.46. The number of aromatic nitrogens is 2. The quantitative estimate of drug-likeness (QED) is 0.639. The van der Waals surface area contributed by atoms with Crippen molar-refractivity contribution in [3.05, 3.63) is 40.8 Å². The number of amides is 2. The second-order valence-corrected chi connectivity index (χ2v) is 9.39. The number of fused-ring (bicyclic) bond motifs is 2. The minimum atomic E-state index is -0.632. The van der Waals surface area contributed by atoms with Crippen LogP contribution >= 0.6 is 15.9 Å². The summed E-state index contributed by atoms with van der Waals surface area (Å²) in [7, 11) is 1.30. The Morgan fingerprint density at radius 1 is 1.23 bits per heavy atom. The van der Waals surface area contributed by atoms with Gasteiger partial charge in [0.2, 0.25) is 5.91 Å². The molecule has 7 nitrogen and oxygen atoms in total. The molecule has 2 aliphatic rings. The molecule has 4 atom stereocenters. The molecule has 1 aromatic carbocycles. The highest BCUT2D eigenvalue weighted by Crippen LogP contribution is 2.56. The van der Waals surface area contributed by atoms with E-state index in [1.807, 2.05) is 44.3 Å². The monoisotopic (exact) mass is 474 g/mol. The van der Waals surface area contributed by atoms with Gasteiger partial charge in [-0.25, -0.2) is 20.2 Å². The van der Waals surface area contributed by atoms with Gasteiger partial charge in [0.05, 0.1) is 24.9 Å². The normalized spacial score (nSPS) is 24.8. The van der Waals surface area contributed by atoms with Gasteiger partial charge in [-0.05, 0) is 62.6 Å². The maximum atomic E-state index is 13.5. The fourth-order valence-corrected chi connectivity index (χ4v) is 5.33. The number of hydrogen-bond acceptors (Lipinski definition) is 4. The molecule has 8 heteroatoms. The zero-order chi connectivity index (χ0) is 21.4. The first kappa shape index (κ1) is 20.9. The Kier molecular flexibility index (Phi) is 5.86. The molecule has 2 amide bonds. The van der Waals surface area contributed by atoms with Crippen molar-refractivity contribution in [1.82, 2.24) is 20.4 Å². The number of halogens is 1. The van der Waals surface area contributed by atoms with E-state index in [2.05, 4.69) is 31.3 Å². The van der Waals surface area contributed by atoms with Gasteiger partial charge in [-0.1, -0.05) is 28.1 Å². The first-order valence-corrected chi connectivity index (χ1v) is 11.2. The van der Waals surface area contributed by atoms with Crippen molar-refractivity contribution >= 4 is 27.9 Å². The van der Waals surface area contributed by atoms with Crippen molar-refractivity contribution in [1.29, 1.82) is 0 Å². The molecule has 2 N–H and O–H groups in total. The average Bonchev–Trinajstić information content (AvgIpc) is 3.47. The van der Waals surface area contributed by atoms with Gasteiger partial charge >= 0.3 is 6.09 Å². The van der Waals surface area contributed by atoms with E-state index in [0.717, 1.165) is 40.8 Å². The summed E-state index contributed by atoms with van der Waals surface area (Å²) in [4.78, 5) is 33.5. The summed E-state index contributed by atoms with van der Waals surface area (Å²) in [5.41, 5.74) is 4.60. The summed E-state index contributed by atoms with van der Waals surface area (Å²) in [6, 6.07) is 7.89. The van der Waals surface area contributed by atoms with Crippen LogP contribution in [0.15, 0.2) is 34.9 Å². The van der Waals surface area contributed by atoms with E-state index in [1.54, 1.807) is 0 Å². The number of H-pyrrole nitrogens is 1. The Morgan fingerprint density at radius 2 is 1.93 bits per heavy atom. The van der Waals surface area contributed by atoms with Crippen LogP contribution in [0.25, 0.3) is 11.3 Å². The molecule has 160 valence electrons. The van der Waals surface area contributed by atoms with Crippen LogP contribution in [0.4, 0.5) is 4.79 Å². The number of nitrogens with one attached hydrogen (secondary N) is 2. The topological polar surface area (TPSA) is 87.3 Å². The van der Waals surface area contributed by atoms with Crippen molar-refractivity contribution in [2.45, 2.75) is 45.1 Å². The molecule has 3 unspecified atom stereocenters. The van der Waals surface area contributed by atoms with Gasteiger partial charge in [-0.15, -0.1) is 0 Å². The van der Waals surface area contributed by atoms with Crippen LogP contribution in [-0.4, -0.2) is 40.1 Å². The van der Waals surface area contributed by atoms with Gasteiger partial charge in [0.25, 0.3) is 0 Å². The highest BCUT2D eigenvalue weighted by molar-refractivity contribution is 9.10. The van der Waals surface area contributed by atoms with Crippen LogP contribution in [0.2, 0.25) is 0 Å². The average molecular weight is 475 g/mol. The second kappa shape index (κ2) is 8.41. The molecule has 0 radical (unpaired) electrons. The van der Waals surface area contributed by atoms with Crippen LogP contribution in [0.5, 0.6) is 0 Å². The zero-order valence-electron chi connectivity index (χ0n) is 17.4. The molecule has 2 fully saturated rings. The number of hydrazine groups is 1. The highest BCUT2D eigenvalue weighted by atomic mass is 79.9. The number of aromatic amines is 1. The molecule has 2 bridgehead atoms. The van der Waals surface area contributed by atoms with E-state index in [0.29, 0.717) is 11.8 Å². The van der Waals surface area contributed by atoms with E-state index in [1.165, 1.54) is 12.1 Å². The fraction of sp³-hybridized carbons (Fsp3) is 0.500. The van der Waals surface area contributed by atoms with Gasteiger partial charge < -0.3 is 9.72 Å². The summed E-state index contributed by atoms with van der Waals surface area (Å²) in [6.07, 6.45) is 4.40. The molecular weight excluding hydrogens is 448 g/mol. The first-order valence-electron chi connectivity index (χ1n) is 10.4. The molecule has 2 aliphatic carbocycles. The Labute approximate surface area is 184 Å². The number of carbonyl (C=O) groups excluding carboxylic acids is 2. The number of methoxy groups -OCH3 is 1. The Hall–Kier alpha value is -2.35. The van der Waals surface area contributed by atoms with Crippen molar-refractivity contribution in [3.63, 3.8) is 0 Å². The van der Waals surface area contributed by atoms with Crippen LogP contribution in [-0.2, 0) is 9.53 Å². The third kappa shape index (κ3) is 3.85. The number of benzene rings is 1. The lowest BCUT2D eigenvalue weighted by molar-refractivity contribution is -0.143. The van der Waals surface area contributed by atoms with Crippen molar-refractivity contribution < 1.29 is 14.3 Å². The Bertz CT molecular complexity index is 927. The van der Waals surface area contributed by atoms with Crippen molar-refractivity contribution in [3.8, 4) is 11.3 Å². The third-order valence-electron chi connectivity index (χ3n) is 6.42. The van der Waals surface area contributed by atoms with Gasteiger partial charge in [0.1, 0.15) is 5.82 Å². The number of rotatable bonds is 4. The molecule has 1 heterocycles. The lowest BCUT2D eigenvalue weighted by atomic mass is 9.78. The fourth-order valence-electron chi connectivity index (χ4n) is 5.07. The largest absolute Gasteiger partial charge is 0.452 e. The van der Waals surface area contributed by atoms with Gasteiger partial charge in [-0.3, -0.25) is 4.79 Å². The predicted octanol–water partition coefficient (Wildman–Crippen LogP) is 4.48. The van der Waals surface area contributed by atoms with Crippen molar-refractivity contribution in [2.75, 3.05) is 7.11 Å². The van der Waals surface area contributed by atoms with Gasteiger partial charge in [-0.2, -0.15) is 0 Å². The van der Waals surface area contributed by atoms with E-state index >= 15 is 0 Å². The van der Waals surface area contributed by atoms with Crippen LogP contribution < -0.4 is 5.43 Å². The summed E-state index contributed by atoms with van der Waals surface area (Å²) in [5, 5.41) is 1.42. The van der Waals surface area contributed by atoms with Crippen molar-refractivity contribution in [2.24, 2.45) is 17.8 Å². The van der Waals surface area contributed by atoms with Gasteiger partial charge in [0.15, 0.2) is 0 Å². The lowest BCUT2D eigenvalue weighted by Crippen LogP contribution is -2.53. The summed E-state index contributed by atoms with van der Waals surface area (Å²) in [6.45, 7) is 3.77. The number of nitrogens with zero attached hydrogens (tertiary/aromatic N) is 2. The number of ether oxygens (including phenoxy) is 1.